The van der Waals surface area contributed by atoms with Gasteiger partial charge in [-0.1, -0.05) is 6.92 Å². The first kappa shape index (κ1) is 14.8. The number of aromatic nitrogens is 3. The van der Waals surface area contributed by atoms with Crippen molar-refractivity contribution < 1.29 is 4.74 Å². The van der Waals surface area contributed by atoms with E-state index in [1.807, 2.05) is 13.1 Å². The van der Waals surface area contributed by atoms with Gasteiger partial charge < -0.3 is 9.30 Å². The molecule has 0 radical (unpaired) electrons. The molecule has 1 saturated heterocycles. The van der Waals surface area contributed by atoms with Crippen LogP contribution in [-0.4, -0.2) is 33.6 Å². The van der Waals surface area contributed by atoms with Crippen molar-refractivity contribution in [1.29, 1.82) is 0 Å². The fourth-order valence-electron chi connectivity index (χ4n) is 3.00. The average molecular weight is 308 g/mol. The lowest BCUT2D eigenvalue weighted by Crippen LogP contribution is -2.31. The smallest absolute Gasteiger partial charge is 0.160 e. The van der Waals surface area contributed by atoms with Gasteiger partial charge in [-0.2, -0.15) is 0 Å². The van der Waals surface area contributed by atoms with Crippen molar-refractivity contribution in [1.82, 2.24) is 14.5 Å². The Balaban J connectivity index is 2.00. The van der Waals surface area contributed by atoms with Crippen molar-refractivity contribution >= 4 is 22.8 Å². The molecule has 5 heteroatoms. The molecule has 1 fully saturated rings. The van der Waals surface area contributed by atoms with Crippen LogP contribution in [0.15, 0.2) is 12.3 Å². The number of halogens is 1. The number of nitrogens with zero attached hydrogens (tertiary/aromatic N) is 3. The number of hydrogen-bond acceptors (Lipinski definition) is 3. The van der Waals surface area contributed by atoms with Crippen molar-refractivity contribution in [3.63, 3.8) is 0 Å². The molecule has 0 aliphatic carbocycles. The van der Waals surface area contributed by atoms with Gasteiger partial charge in [-0.15, -0.1) is 11.6 Å². The molecule has 21 heavy (non-hydrogen) atoms. The minimum Gasteiger partial charge on any atom is -0.381 e. The third kappa shape index (κ3) is 3.06. The van der Waals surface area contributed by atoms with Crippen molar-refractivity contribution in [2.45, 2.75) is 39.7 Å². The molecule has 0 amide bonds. The van der Waals surface area contributed by atoms with Crippen LogP contribution in [0.5, 0.6) is 0 Å². The monoisotopic (exact) mass is 307 g/mol. The zero-order chi connectivity index (χ0) is 14.9. The lowest BCUT2D eigenvalue weighted by atomic mass is 9.82. The number of fused-ring (bicyclic) bond motifs is 1. The molecule has 0 saturated carbocycles. The Morgan fingerprint density at radius 3 is 2.86 bits per heavy atom. The standard InChI is InChI=1S/C16H22ClN3O/c1-12-9-13-15(18-10-12)20(14(19-13)3-6-17)11-16(2)4-7-21-8-5-16/h9-10H,3-8,11H2,1-2H3. The largest absolute Gasteiger partial charge is 0.381 e. The predicted molar refractivity (Wildman–Crippen MR) is 84.8 cm³/mol. The van der Waals surface area contributed by atoms with Crippen LogP contribution in [0.1, 0.15) is 31.2 Å². The van der Waals surface area contributed by atoms with Crippen LogP contribution in [0.2, 0.25) is 0 Å². The van der Waals surface area contributed by atoms with Gasteiger partial charge in [0, 0.05) is 38.3 Å². The molecular formula is C16H22ClN3O. The fraction of sp³-hybridized carbons (Fsp3) is 0.625. The number of aryl methyl sites for hydroxylation is 2. The van der Waals surface area contributed by atoms with Gasteiger partial charge >= 0.3 is 0 Å². The predicted octanol–water partition coefficient (Wildman–Crippen LogP) is 3.34. The molecule has 2 aromatic rings. The molecule has 2 aromatic heterocycles. The molecule has 0 N–H and O–H groups in total. The highest BCUT2D eigenvalue weighted by molar-refractivity contribution is 6.17. The van der Waals surface area contributed by atoms with Crippen LogP contribution in [0.25, 0.3) is 11.2 Å². The van der Waals surface area contributed by atoms with E-state index in [1.54, 1.807) is 0 Å². The Kier molecular flexibility index (Phi) is 4.18. The first-order valence-corrected chi connectivity index (χ1v) is 8.10. The maximum Gasteiger partial charge on any atom is 0.160 e. The summed E-state index contributed by atoms with van der Waals surface area (Å²) in [6, 6.07) is 2.10. The normalized spacial score (nSPS) is 18.2. The van der Waals surface area contributed by atoms with E-state index >= 15 is 0 Å². The number of imidazole rings is 1. The van der Waals surface area contributed by atoms with E-state index in [-0.39, 0.29) is 5.41 Å². The van der Waals surface area contributed by atoms with Crippen LogP contribution in [-0.2, 0) is 17.7 Å². The minimum atomic E-state index is 0.250. The highest BCUT2D eigenvalue weighted by Crippen LogP contribution is 2.33. The van der Waals surface area contributed by atoms with E-state index in [1.165, 1.54) is 0 Å². The molecule has 3 rings (SSSR count). The van der Waals surface area contributed by atoms with E-state index in [0.717, 1.165) is 61.6 Å². The van der Waals surface area contributed by atoms with E-state index in [0.29, 0.717) is 5.88 Å². The first-order valence-electron chi connectivity index (χ1n) is 7.57. The summed E-state index contributed by atoms with van der Waals surface area (Å²) in [5, 5.41) is 0. The van der Waals surface area contributed by atoms with Gasteiger partial charge in [0.15, 0.2) is 5.65 Å². The summed E-state index contributed by atoms with van der Waals surface area (Å²) in [6.45, 7) is 7.02. The molecule has 0 spiro atoms. The number of hydrogen-bond donors (Lipinski definition) is 0. The minimum absolute atomic E-state index is 0.250. The van der Waals surface area contributed by atoms with E-state index < -0.39 is 0 Å². The summed E-state index contributed by atoms with van der Waals surface area (Å²) in [5.74, 6) is 1.63. The van der Waals surface area contributed by atoms with Gasteiger partial charge in [-0.05, 0) is 36.8 Å². The highest BCUT2D eigenvalue weighted by atomic mass is 35.5. The van der Waals surface area contributed by atoms with E-state index in [9.17, 15) is 0 Å². The Morgan fingerprint density at radius 1 is 1.38 bits per heavy atom. The number of rotatable bonds is 4. The zero-order valence-electron chi connectivity index (χ0n) is 12.7. The second-order valence-corrected chi connectivity index (χ2v) is 6.71. The van der Waals surface area contributed by atoms with E-state index in [2.05, 4.69) is 22.5 Å². The van der Waals surface area contributed by atoms with Gasteiger partial charge in [0.2, 0.25) is 0 Å². The Hall–Kier alpha value is -1.13. The molecule has 114 valence electrons. The summed E-state index contributed by atoms with van der Waals surface area (Å²) in [6.07, 6.45) is 4.86. The quantitative estimate of drug-likeness (QED) is 0.813. The Labute approximate surface area is 130 Å². The lowest BCUT2D eigenvalue weighted by molar-refractivity contribution is 0.0156. The molecule has 4 nitrogen and oxygen atoms in total. The molecule has 3 heterocycles. The molecule has 0 bridgehead atoms. The topological polar surface area (TPSA) is 39.9 Å². The van der Waals surface area contributed by atoms with Crippen molar-refractivity contribution in [2.75, 3.05) is 19.1 Å². The second kappa shape index (κ2) is 5.93. The summed E-state index contributed by atoms with van der Waals surface area (Å²) >= 11 is 5.95. The van der Waals surface area contributed by atoms with Gasteiger partial charge in [0.1, 0.15) is 11.3 Å². The number of ether oxygens (including phenoxy) is 1. The van der Waals surface area contributed by atoms with Crippen LogP contribution in [0, 0.1) is 12.3 Å². The first-order chi connectivity index (χ1) is 10.1. The average Bonchev–Trinajstić information content (AvgIpc) is 2.76. The lowest BCUT2D eigenvalue weighted by Gasteiger charge is -2.34. The third-order valence-corrected chi connectivity index (χ3v) is 4.55. The number of alkyl halides is 1. The van der Waals surface area contributed by atoms with E-state index in [4.69, 9.17) is 21.3 Å². The highest BCUT2D eigenvalue weighted by Gasteiger charge is 2.29. The summed E-state index contributed by atoms with van der Waals surface area (Å²) in [5.41, 5.74) is 3.35. The van der Waals surface area contributed by atoms with Gasteiger partial charge in [-0.25, -0.2) is 9.97 Å². The van der Waals surface area contributed by atoms with Crippen LogP contribution >= 0.6 is 11.6 Å². The Morgan fingerprint density at radius 2 is 2.14 bits per heavy atom. The van der Waals surface area contributed by atoms with Crippen LogP contribution in [0.4, 0.5) is 0 Å². The second-order valence-electron chi connectivity index (χ2n) is 6.33. The van der Waals surface area contributed by atoms with Crippen molar-refractivity contribution in [3.05, 3.63) is 23.7 Å². The molecule has 0 unspecified atom stereocenters. The third-order valence-electron chi connectivity index (χ3n) is 4.36. The number of pyridine rings is 1. The van der Waals surface area contributed by atoms with Gasteiger partial charge in [0.25, 0.3) is 0 Å². The summed E-state index contributed by atoms with van der Waals surface area (Å²) < 4.78 is 7.77. The summed E-state index contributed by atoms with van der Waals surface area (Å²) in [4.78, 5) is 9.35. The molecular weight excluding hydrogens is 286 g/mol. The fourth-order valence-corrected chi connectivity index (χ4v) is 3.17. The molecule has 1 aliphatic rings. The zero-order valence-corrected chi connectivity index (χ0v) is 13.5. The van der Waals surface area contributed by atoms with Crippen molar-refractivity contribution in [3.8, 4) is 0 Å². The van der Waals surface area contributed by atoms with Crippen LogP contribution in [0.3, 0.4) is 0 Å². The maximum atomic E-state index is 5.95. The van der Waals surface area contributed by atoms with Crippen molar-refractivity contribution in [2.24, 2.45) is 5.41 Å². The molecule has 0 aromatic carbocycles. The van der Waals surface area contributed by atoms with Gasteiger partial charge in [0.05, 0.1) is 0 Å². The molecule has 1 aliphatic heterocycles. The summed E-state index contributed by atoms with van der Waals surface area (Å²) in [7, 11) is 0. The van der Waals surface area contributed by atoms with Gasteiger partial charge in [-0.3, -0.25) is 0 Å². The van der Waals surface area contributed by atoms with Crippen LogP contribution < -0.4 is 0 Å². The Bertz CT molecular complexity index is 632. The molecule has 0 atom stereocenters. The maximum absolute atomic E-state index is 5.95. The SMILES string of the molecule is Cc1cnc2c(c1)nc(CCCl)n2CC1(C)CCOCC1.